The molecule has 0 radical (unpaired) electrons. The number of alkyl halides is 3. The molecule has 1 aromatic rings. The summed E-state index contributed by atoms with van der Waals surface area (Å²) in [6, 6.07) is 5.60. The number of likely N-dealkylation sites (tertiary alicyclic amines) is 1. The monoisotopic (exact) mass is 359 g/mol. The van der Waals surface area contributed by atoms with E-state index in [1.165, 1.54) is 24.1 Å². The van der Waals surface area contributed by atoms with E-state index in [4.69, 9.17) is 9.84 Å². The van der Waals surface area contributed by atoms with Crippen molar-refractivity contribution in [3.05, 3.63) is 35.4 Å². The number of aryl methyl sites for hydroxylation is 1. The Labute approximate surface area is 143 Å². The number of benzene rings is 1. The third-order valence-corrected chi connectivity index (χ3v) is 4.31. The highest BCUT2D eigenvalue weighted by Crippen LogP contribution is 2.28. The molecule has 5 nitrogen and oxygen atoms in total. The first-order valence-electron chi connectivity index (χ1n) is 7.91. The van der Waals surface area contributed by atoms with Gasteiger partial charge in [-0.25, -0.2) is 0 Å². The molecule has 2 rings (SSSR count). The number of amides is 1. The van der Waals surface area contributed by atoms with Gasteiger partial charge in [0.15, 0.2) is 0 Å². The van der Waals surface area contributed by atoms with Crippen molar-refractivity contribution in [2.45, 2.75) is 44.0 Å². The van der Waals surface area contributed by atoms with Crippen molar-refractivity contribution in [2.75, 3.05) is 13.7 Å². The number of carboxylic acids is 1. The van der Waals surface area contributed by atoms with E-state index in [1.807, 2.05) is 0 Å². The maximum Gasteiger partial charge on any atom is 0.389 e. The summed E-state index contributed by atoms with van der Waals surface area (Å²) in [6.07, 6.45) is -5.74. The molecule has 0 aromatic heterocycles. The van der Waals surface area contributed by atoms with Crippen molar-refractivity contribution >= 4 is 11.9 Å². The molecule has 1 aliphatic rings. The van der Waals surface area contributed by atoms with E-state index in [0.29, 0.717) is 12.0 Å². The number of rotatable bonds is 6. The molecule has 138 valence electrons. The van der Waals surface area contributed by atoms with Crippen molar-refractivity contribution < 1.29 is 32.6 Å². The average molecular weight is 359 g/mol. The van der Waals surface area contributed by atoms with Gasteiger partial charge in [0.05, 0.1) is 12.5 Å². The SMILES string of the molecule is COC1CC(CC(=O)O)N(C(=O)c2ccccc2CCC(F)(F)F)C1. The van der Waals surface area contributed by atoms with E-state index in [9.17, 15) is 22.8 Å². The van der Waals surface area contributed by atoms with Crippen molar-refractivity contribution in [1.29, 1.82) is 0 Å². The lowest BCUT2D eigenvalue weighted by Crippen LogP contribution is -2.37. The molecule has 1 N–H and O–H groups in total. The number of hydrogen-bond acceptors (Lipinski definition) is 3. The minimum atomic E-state index is -4.31. The quantitative estimate of drug-likeness (QED) is 0.848. The van der Waals surface area contributed by atoms with Crippen LogP contribution in [0.4, 0.5) is 13.2 Å². The Balaban J connectivity index is 2.22. The van der Waals surface area contributed by atoms with Gasteiger partial charge < -0.3 is 14.7 Å². The van der Waals surface area contributed by atoms with Crippen LogP contribution in [-0.2, 0) is 16.0 Å². The Hall–Kier alpha value is -2.09. The average Bonchev–Trinajstić information content (AvgIpc) is 2.94. The van der Waals surface area contributed by atoms with Gasteiger partial charge >= 0.3 is 12.1 Å². The van der Waals surface area contributed by atoms with E-state index < -0.39 is 30.5 Å². The summed E-state index contributed by atoms with van der Waals surface area (Å²) in [4.78, 5) is 25.3. The van der Waals surface area contributed by atoms with E-state index in [1.54, 1.807) is 12.1 Å². The first kappa shape index (κ1) is 19.2. The lowest BCUT2D eigenvalue weighted by atomic mass is 10.0. The molecule has 0 saturated carbocycles. The van der Waals surface area contributed by atoms with Crippen molar-refractivity contribution in [3.63, 3.8) is 0 Å². The molecule has 1 heterocycles. The zero-order chi connectivity index (χ0) is 18.6. The van der Waals surface area contributed by atoms with Gasteiger partial charge in [-0.05, 0) is 24.5 Å². The number of carbonyl (C=O) groups excluding carboxylic acids is 1. The van der Waals surface area contributed by atoms with Gasteiger partial charge in [-0.1, -0.05) is 18.2 Å². The first-order valence-corrected chi connectivity index (χ1v) is 7.91. The van der Waals surface area contributed by atoms with Crippen molar-refractivity contribution in [2.24, 2.45) is 0 Å². The third kappa shape index (κ3) is 5.19. The number of nitrogens with zero attached hydrogens (tertiary/aromatic N) is 1. The molecule has 0 bridgehead atoms. The second kappa shape index (κ2) is 7.86. The van der Waals surface area contributed by atoms with Crippen molar-refractivity contribution in [1.82, 2.24) is 4.90 Å². The first-order chi connectivity index (χ1) is 11.7. The molecule has 1 amide bonds. The maximum absolute atomic E-state index is 12.8. The summed E-state index contributed by atoms with van der Waals surface area (Å²) >= 11 is 0. The van der Waals surface area contributed by atoms with Crippen LogP contribution in [0.2, 0.25) is 0 Å². The highest BCUT2D eigenvalue weighted by atomic mass is 19.4. The predicted molar refractivity (Wildman–Crippen MR) is 83.3 cm³/mol. The molecule has 1 aromatic carbocycles. The Morgan fingerprint density at radius 1 is 1.32 bits per heavy atom. The molecule has 2 unspecified atom stereocenters. The molecular formula is C17H20F3NO4. The van der Waals surface area contributed by atoms with Gasteiger partial charge in [0.25, 0.3) is 5.91 Å². The van der Waals surface area contributed by atoms with Crippen LogP contribution < -0.4 is 0 Å². The van der Waals surface area contributed by atoms with Crippen LogP contribution in [0, 0.1) is 0 Å². The molecule has 0 aliphatic carbocycles. The lowest BCUT2D eigenvalue weighted by Gasteiger charge is -2.24. The molecular weight excluding hydrogens is 339 g/mol. The number of aliphatic carboxylic acids is 1. The molecule has 2 atom stereocenters. The largest absolute Gasteiger partial charge is 0.481 e. The summed E-state index contributed by atoms with van der Waals surface area (Å²) in [5.74, 6) is -1.49. The second-order valence-corrected chi connectivity index (χ2v) is 6.07. The van der Waals surface area contributed by atoms with E-state index in [2.05, 4.69) is 0 Å². The highest BCUT2D eigenvalue weighted by molar-refractivity contribution is 5.96. The number of methoxy groups -OCH3 is 1. The summed E-state index contributed by atoms with van der Waals surface area (Å²) in [5, 5.41) is 9.03. The maximum atomic E-state index is 12.8. The fraction of sp³-hybridized carbons (Fsp3) is 0.529. The molecule has 1 aliphatic heterocycles. The van der Waals surface area contributed by atoms with Crippen LogP contribution in [0.1, 0.15) is 35.2 Å². The highest BCUT2D eigenvalue weighted by Gasteiger charge is 2.37. The van der Waals surface area contributed by atoms with Gasteiger partial charge in [0, 0.05) is 31.7 Å². The second-order valence-electron chi connectivity index (χ2n) is 6.07. The third-order valence-electron chi connectivity index (χ3n) is 4.31. The van der Waals surface area contributed by atoms with E-state index >= 15 is 0 Å². The van der Waals surface area contributed by atoms with Crippen LogP contribution in [0.3, 0.4) is 0 Å². The minimum Gasteiger partial charge on any atom is -0.481 e. The topological polar surface area (TPSA) is 66.8 Å². The van der Waals surface area contributed by atoms with Crippen LogP contribution in [-0.4, -0.2) is 53.9 Å². The molecule has 8 heteroatoms. The van der Waals surface area contributed by atoms with Crippen LogP contribution >= 0.6 is 0 Å². The number of hydrogen-bond donors (Lipinski definition) is 1. The van der Waals surface area contributed by atoms with Crippen LogP contribution in [0.15, 0.2) is 24.3 Å². The van der Waals surface area contributed by atoms with E-state index in [-0.39, 0.29) is 31.1 Å². The lowest BCUT2D eigenvalue weighted by molar-refractivity contribution is -0.138. The van der Waals surface area contributed by atoms with Crippen LogP contribution in [0.5, 0.6) is 0 Å². The molecule has 1 fully saturated rings. The smallest absolute Gasteiger partial charge is 0.389 e. The van der Waals surface area contributed by atoms with Crippen LogP contribution in [0.25, 0.3) is 0 Å². The normalized spacial score (nSPS) is 20.7. The molecule has 25 heavy (non-hydrogen) atoms. The fourth-order valence-electron chi connectivity index (χ4n) is 3.07. The Kier molecular flexibility index (Phi) is 6.05. The van der Waals surface area contributed by atoms with E-state index in [0.717, 1.165) is 0 Å². The zero-order valence-electron chi connectivity index (χ0n) is 13.8. The fourth-order valence-corrected chi connectivity index (χ4v) is 3.07. The number of halogens is 3. The van der Waals surface area contributed by atoms with Gasteiger partial charge in [-0.15, -0.1) is 0 Å². The number of carbonyl (C=O) groups is 2. The number of carboxylic acid groups (broad SMARTS) is 1. The summed E-state index contributed by atoms with van der Waals surface area (Å²) in [6.45, 7) is 0.223. The Morgan fingerprint density at radius 3 is 2.60 bits per heavy atom. The Bertz CT molecular complexity index is 633. The minimum absolute atomic E-state index is 0.180. The molecule has 0 spiro atoms. The zero-order valence-corrected chi connectivity index (χ0v) is 13.8. The summed E-state index contributed by atoms with van der Waals surface area (Å²) in [5.41, 5.74) is 0.485. The van der Waals surface area contributed by atoms with Gasteiger partial charge in [-0.3, -0.25) is 9.59 Å². The van der Waals surface area contributed by atoms with Gasteiger partial charge in [0.2, 0.25) is 0 Å². The van der Waals surface area contributed by atoms with Gasteiger partial charge in [-0.2, -0.15) is 13.2 Å². The Morgan fingerprint density at radius 2 is 2.00 bits per heavy atom. The van der Waals surface area contributed by atoms with Gasteiger partial charge in [0.1, 0.15) is 0 Å². The van der Waals surface area contributed by atoms with Crippen molar-refractivity contribution in [3.8, 4) is 0 Å². The standard InChI is InChI=1S/C17H20F3NO4/c1-25-13-8-12(9-15(22)23)21(10-13)16(24)14-5-3-2-4-11(14)6-7-17(18,19)20/h2-5,12-13H,6-10H2,1H3,(H,22,23). The molecule has 1 saturated heterocycles. The number of ether oxygens (including phenoxy) is 1. The summed E-state index contributed by atoms with van der Waals surface area (Å²) < 4.78 is 42.7. The summed E-state index contributed by atoms with van der Waals surface area (Å²) in [7, 11) is 1.48. The predicted octanol–water partition coefficient (Wildman–Crippen LogP) is 2.89.